The summed E-state index contributed by atoms with van der Waals surface area (Å²) in [4.78, 5) is 12.6. The van der Waals surface area contributed by atoms with Crippen molar-refractivity contribution in [3.05, 3.63) is 11.9 Å². The van der Waals surface area contributed by atoms with Gasteiger partial charge in [-0.05, 0) is 25.7 Å². The summed E-state index contributed by atoms with van der Waals surface area (Å²) < 4.78 is 33.8. The molecule has 10 nitrogen and oxygen atoms in total. The predicted octanol–water partition coefficient (Wildman–Crippen LogP) is -0.715. The van der Waals surface area contributed by atoms with Gasteiger partial charge in [0.05, 0.1) is 11.9 Å². The van der Waals surface area contributed by atoms with Crippen LogP contribution in [0.4, 0.5) is 0 Å². The third kappa shape index (κ3) is 3.90. The minimum atomic E-state index is -3.43. The third-order valence-electron chi connectivity index (χ3n) is 5.18. The van der Waals surface area contributed by atoms with Crippen LogP contribution in [0.2, 0.25) is 0 Å². The molecule has 2 N–H and O–H groups in total. The van der Waals surface area contributed by atoms with Crippen molar-refractivity contribution in [2.24, 2.45) is 0 Å². The van der Waals surface area contributed by atoms with Gasteiger partial charge in [0.15, 0.2) is 0 Å². The van der Waals surface area contributed by atoms with Gasteiger partial charge in [0, 0.05) is 46.3 Å². The summed E-state index contributed by atoms with van der Waals surface area (Å²) in [6.07, 6.45) is 4.67. The van der Waals surface area contributed by atoms with Crippen molar-refractivity contribution < 1.29 is 17.9 Å². The van der Waals surface area contributed by atoms with E-state index in [1.807, 2.05) is 0 Å². The van der Waals surface area contributed by atoms with Crippen molar-refractivity contribution in [1.29, 1.82) is 0 Å². The second-order valence-electron chi connectivity index (χ2n) is 6.68. The van der Waals surface area contributed by atoms with Crippen LogP contribution in [0.25, 0.3) is 0 Å². The topological polar surface area (TPSA) is 121 Å². The molecule has 0 radical (unpaired) electrons. The summed E-state index contributed by atoms with van der Waals surface area (Å²) in [6.45, 7) is 2.15. The van der Waals surface area contributed by atoms with Crippen LogP contribution in [0.3, 0.4) is 0 Å². The quantitative estimate of drug-likeness (QED) is 0.638. The molecule has 0 unspecified atom stereocenters. The Hall–Kier alpha value is -1.56. The SMILES string of the molecule is COC1(C(=O)NCCc2cn[nH]n2)CCN(S(=O)(=O)N2CCCC2)CC1. The van der Waals surface area contributed by atoms with E-state index < -0.39 is 15.8 Å². The molecule has 3 heterocycles. The summed E-state index contributed by atoms with van der Waals surface area (Å²) in [6, 6.07) is 0. The first-order valence-electron chi connectivity index (χ1n) is 8.91. The maximum absolute atomic E-state index is 12.7. The van der Waals surface area contributed by atoms with E-state index in [-0.39, 0.29) is 19.0 Å². The molecule has 2 saturated heterocycles. The molecule has 3 rings (SSSR count). The Morgan fingerprint density at radius 3 is 2.50 bits per heavy atom. The number of methoxy groups -OCH3 is 1. The molecular formula is C15H26N6O4S. The second-order valence-corrected chi connectivity index (χ2v) is 8.61. The first-order chi connectivity index (χ1) is 12.5. The number of hydrogen-bond acceptors (Lipinski definition) is 6. The fourth-order valence-corrected chi connectivity index (χ4v) is 5.19. The molecule has 1 amide bonds. The molecule has 0 aromatic carbocycles. The fourth-order valence-electron chi connectivity index (χ4n) is 3.50. The molecule has 0 atom stereocenters. The van der Waals surface area contributed by atoms with Gasteiger partial charge in [-0.2, -0.15) is 32.4 Å². The molecule has 11 heteroatoms. The van der Waals surface area contributed by atoms with Crippen LogP contribution < -0.4 is 5.32 Å². The molecule has 2 aliphatic rings. The van der Waals surface area contributed by atoms with E-state index in [0.717, 1.165) is 18.5 Å². The highest BCUT2D eigenvalue weighted by Gasteiger charge is 2.45. The van der Waals surface area contributed by atoms with Gasteiger partial charge in [0.2, 0.25) is 0 Å². The van der Waals surface area contributed by atoms with Crippen LogP contribution >= 0.6 is 0 Å². The number of aromatic nitrogens is 3. The highest BCUT2D eigenvalue weighted by Crippen LogP contribution is 2.29. The molecule has 26 heavy (non-hydrogen) atoms. The van der Waals surface area contributed by atoms with E-state index in [9.17, 15) is 13.2 Å². The maximum atomic E-state index is 12.7. The van der Waals surface area contributed by atoms with E-state index in [0.29, 0.717) is 38.9 Å². The van der Waals surface area contributed by atoms with Crippen LogP contribution in [0, 0.1) is 0 Å². The summed E-state index contributed by atoms with van der Waals surface area (Å²) >= 11 is 0. The number of amides is 1. The van der Waals surface area contributed by atoms with Gasteiger partial charge in [0.1, 0.15) is 5.60 Å². The van der Waals surface area contributed by atoms with Crippen LogP contribution in [-0.4, -0.2) is 83.8 Å². The first kappa shape index (κ1) is 19.2. The zero-order chi connectivity index (χ0) is 18.6. The molecule has 0 aliphatic carbocycles. The minimum absolute atomic E-state index is 0.207. The van der Waals surface area contributed by atoms with Crippen LogP contribution in [0.15, 0.2) is 6.20 Å². The standard InChI is InChI=1S/C15H26N6O4S/c1-25-15(14(22)16-7-4-13-12-17-19-18-13)5-10-21(11-6-15)26(23,24)20-8-2-3-9-20/h12H,2-11H2,1H3,(H,16,22)(H,17,18,19). The van der Waals surface area contributed by atoms with Gasteiger partial charge in [-0.3, -0.25) is 4.79 Å². The smallest absolute Gasteiger partial charge is 0.281 e. The Bertz CT molecular complexity index is 694. The van der Waals surface area contributed by atoms with Gasteiger partial charge < -0.3 is 10.1 Å². The van der Waals surface area contributed by atoms with Gasteiger partial charge in [-0.15, -0.1) is 0 Å². The summed E-state index contributed by atoms with van der Waals surface area (Å²) in [5.41, 5.74) is -0.218. The first-order valence-corrected chi connectivity index (χ1v) is 10.3. The minimum Gasteiger partial charge on any atom is -0.368 e. The number of carbonyl (C=O) groups excluding carboxylic acids is 1. The third-order valence-corrected chi connectivity index (χ3v) is 7.22. The van der Waals surface area contributed by atoms with Crippen LogP contribution in [-0.2, 0) is 26.2 Å². The Balaban J connectivity index is 1.55. The molecule has 0 bridgehead atoms. The average molecular weight is 386 g/mol. The molecular weight excluding hydrogens is 360 g/mol. The lowest BCUT2D eigenvalue weighted by Crippen LogP contribution is -2.57. The number of rotatable bonds is 7. The van der Waals surface area contributed by atoms with E-state index in [1.165, 1.54) is 15.7 Å². The van der Waals surface area contributed by atoms with E-state index in [4.69, 9.17) is 4.74 Å². The van der Waals surface area contributed by atoms with E-state index in [1.54, 1.807) is 6.20 Å². The number of nitrogens with zero attached hydrogens (tertiary/aromatic N) is 4. The number of hydrogen-bond donors (Lipinski definition) is 2. The number of aromatic amines is 1. The normalized spacial score (nSPS) is 21.7. The number of nitrogens with one attached hydrogen (secondary N) is 2. The zero-order valence-electron chi connectivity index (χ0n) is 15.0. The highest BCUT2D eigenvalue weighted by molar-refractivity contribution is 7.86. The number of piperidine rings is 1. The monoisotopic (exact) mass is 386 g/mol. The Labute approximate surface area is 153 Å². The van der Waals surface area contributed by atoms with E-state index in [2.05, 4.69) is 20.7 Å². The van der Waals surface area contributed by atoms with Crippen molar-refractivity contribution in [2.45, 2.75) is 37.7 Å². The summed E-state index contributed by atoms with van der Waals surface area (Å²) in [5.74, 6) is -0.207. The lowest BCUT2D eigenvalue weighted by atomic mass is 9.91. The number of ether oxygens (including phenoxy) is 1. The maximum Gasteiger partial charge on any atom is 0.281 e. The molecule has 1 aromatic heterocycles. The molecule has 2 aliphatic heterocycles. The number of carbonyl (C=O) groups is 1. The second kappa shape index (κ2) is 7.99. The van der Waals surface area contributed by atoms with Crippen molar-refractivity contribution in [3.63, 3.8) is 0 Å². The molecule has 2 fully saturated rings. The molecule has 0 saturated carbocycles. The number of H-pyrrole nitrogens is 1. The Morgan fingerprint density at radius 1 is 1.27 bits per heavy atom. The van der Waals surface area contributed by atoms with Crippen LogP contribution in [0.5, 0.6) is 0 Å². The largest absolute Gasteiger partial charge is 0.368 e. The molecule has 1 aromatic rings. The summed E-state index contributed by atoms with van der Waals surface area (Å²) in [5, 5.41) is 13.1. The average Bonchev–Trinajstić information content (AvgIpc) is 3.35. The van der Waals surface area contributed by atoms with Crippen LogP contribution in [0.1, 0.15) is 31.4 Å². The molecule has 146 valence electrons. The Kier molecular flexibility index (Phi) is 5.90. The lowest BCUT2D eigenvalue weighted by Gasteiger charge is -2.39. The van der Waals surface area contributed by atoms with Gasteiger partial charge in [-0.25, -0.2) is 0 Å². The fraction of sp³-hybridized carbons (Fsp3) is 0.800. The van der Waals surface area contributed by atoms with E-state index >= 15 is 0 Å². The molecule has 0 spiro atoms. The predicted molar refractivity (Wildman–Crippen MR) is 93.4 cm³/mol. The summed E-state index contributed by atoms with van der Waals surface area (Å²) in [7, 11) is -1.93. The lowest BCUT2D eigenvalue weighted by molar-refractivity contribution is -0.148. The van der Waals surface area contributed by atoms with Gasteiger partial charge in [-0.1, -0.05) is 0 Å². The van der Waals surface area contributed by atoms with Gasteiger partial charge in [0.25, 0.3) is 16.1 Å². The van der Waals surface area contributed by atoms with Crippen molar-refractivity contribution in [2.75, 3.05) is 39.8 Å². The zero-order valence-corrected chi connectivity index (χ0v) is 15.8. The highest BCUT2D eigenvalue weighted by atomic mass is 32.2. The Morgan fingerprint density at radius 2 is 1.92 bits per heavy atom. The van der Waals surface area contributed by atoms with Crippen molar-refractivity contribution >= 4 is 16.1 Å². The van der Waals surface area contributed by atoms with Gasteiger partial charge >= 0.3 is 0 Å². The van der Waals surface area contributed by atoms with Crippen molar-refractivity contribution in [3.8, 4) is 0 Å². The van der Waals surface area contributed by atoms with Crippen molar-refractivity contribution in [1.82, 2.24) is 29.3 Å².